The van der Waals surface area contributed by atoms with Gasteiger partial charge in [-0.2, -0.15) is 23.0 Å². The fourth-order valence-corrected chi connectivity index (χ4v) is 4.76. The van der Waals surface area contributed by atoms with Crippen LogP contribution in [0.4, 0.5) is 18.9 Å². The Balaban J connectivity index is 1.81. The van der Waals surface area contributed by atoms with Gasteiger partial charge in [-0.15, -0.1) is 0 Å². The number of sulfone groups is 1. The first kappa shape index (κ1) is 24.8. The number of benzene rings is 1. The minimum atomic E-state index is -4.67. The van der Waals surface area contributed by atoms with Crippen LogP contribution < -0.4 is 10.9 Å². The van der Waals surface area contributed by atoms with E-state index in [0.717, 1.165) is 18.3 Å². The third kappa shape index (κ3) is 5.05. The number of anilines is 1. The number of carbonyl (C=O) groups excluding carboxylic acids is 1. The number of pyridine rings is 1. The second-order valence-corrected chi connectivity index (χ2v) is 10.2. The highest BCUT2D eigenvalue weighted by atomic mass is 32.2. The standard InChI is InChI=1S/C22H21F3N4O5S/c1-2-35(32,33)18-10-16(28-20(30)13-5-7-34-8-6-13)12-26-19(18)29-21(31)17-9-15(22(23,24)25)4-3-14(17)11-27-29/h3-4,9-13H,2,5-8H2,1H3,(H,28,30). The molecular formula is C22H21F3N4O5S. The van der Waals surface area contributed by atoms with Crippen LogP contribution in [0.2, 0.25) is 0 Å². The molecule has 0 atom stereocenters. The van der Waals surface area contributed by atoms with Gasteiger partial charge < -0.3 is 10.1 Å². The molecule has 2 aromatic heterocycles. The lowest BCUT2D eigenvalue weighted by molar-refractivity contribution is -0.137. The molecule has 1 amide bonds. The van der Waals surface area contributed by atoms with Gasteiger partial charge in [0.15, 0.2) is 15.7 Å². The summed E-state index contributed by atoms with van der Waals surface area (Å²) in [4.78, 5) is 29.3. The Labute approximate surface area is 197 Å². The zero-order valence-corrected chi connectivity index (χ0v) is 19.3. The molecule has 0 aliphatic carbocycles. The van der Waals surface area contributed by atoms with E-state index < -0.39 is 27.1 Å². The molecule has 1 aliphatic heterocycles. The Bertz CT molecular complexity index is 1450. The van der Waals surface area contributed by atoms with Crippen LogP contribution in [0.15, 0.2) is 46.3 Å². The van der Waals surface area contributed by atoms with E-state index in [2.05, 4.69) is 15.4 Å². The van der Waals surface area contributed by atoms with Crippen molar-refractivity contribution in [1.82, 2.24) is 14.8 Å². The van der Waals surface area contributed by atoms with Gasteiger partial charge in [-0.1, -0.05) is 13.0 Å². The van der Waals surface area contributed by atoms with Crippen molar-refractivity contribution in [3.05, 3.63) is 52.6 Å². The molecule has 0 spiro atoms. The summed E-state index contributed by atoms with van der Waals surface area (Å²) in [6.45, 7) is 2.27. The number of ether oxygens (including phenoxy) is 1. The Kier molecular flexibility index (Phi) is 6.64. The maximum atomic E-state index is 13.2. The molecule has 1 aliphatic rings. The van der Waals surface area contributed by atoms with Gasteiger partial charge in [-0.05, 0) is 31.0 Å². The Morgan fingerprint density at radius 1 is 1.20 bits per heavy atom. The van der Waals surface area contributed by atoms with Crippen LogP contribution >= 0.6 is 0 Å². The van der Waals surface area contributed by atoms with Crippen molar-refractivity contribution in [2.45, 2.75) is 30.8 Å². The van der Waals surface area contributed by atoms with E-state index in [9.17, 15) is 31.2 Å². The van der Waals surface area contributed by atoms with Crippen molar-refractivity contribution in [1.29, 1.82) is 0 Å². The van der Waals surface area contributed by atoms with Crippen molar-refractivity contribution in [3.8, 4) is 5.82 Å². The summed E-state index contributed by atoms with van der Waals surface area (Å²) in [7, 11) is -3.98. The van der Waals surface area contributed by atoms with Crippen molar-refractivity contribution >= 4 is 32.2 Å². The topological polar surface area (TPSA) is 120 Å². The van der Waals surface area contributed by atoms with Crippen LogP contribution in [0.1, 0.15) is 25.3 Å². The molecule has 3 aromatic rings. The molecule has 0 bridgehead atoms. The van der Waals surface area contributed by atoms with E-state index in [-0.39, 0.29) is 44.8 Å². The summed E-state index contributed by atoms with van der Waals surface area (Å²) in [6.07, 6.45) is -1.30. The molecule has 0 saturated carbocycles. The molecule has 4 rings (SSSR count). The first-order valence-electron chi connectivity index (χ1n) is 10.7. The minimum Gasteiger partial charge on any atom is -0.381 e. The van der Waals surface area contributed by atoms with E-state index in [1.165, 1.54) is 19.2 Å². The van der Waals surface area contributed by atoms with Crippen LogP contribution in [0.5, 0.6) is 0 Å². The van der Waals surface area contributed by atoms with E-state index >= 15 is 0 Å². The third-order valence-electron chi connectivity index (χ3n) is 5.72. The lowest BCUT2D eigenvalue weighted by Gasteiger charge is -2.21. The summed E-state index contributed by atoms with van der Waals surface area (Å²) in [5.41, 5.74) is -1.89. The number of hydrogen-bond acceptors (Lipinski definition) is 7. The molecule has 13 heteroatoms. The fourth-order valence-electron chi connectivity index (χ4n) is 3.72. The normalized spacial score (nSPS) is 15.3. The summed E-state index contributed by atoms with van der Waals surface area (Å²) in [5, 5.41) is 6.43. The fraction of sp³-hybridized carbons (Fsp3) is 0.364. The smallest absolute Gasteiger partial charge is 0.381 e. The Morgan fingerprint density at radius 2 is 1.91 bits per heavy atom. The highest BCUT2D eigenvalue weighted by Gasteiger charge is 2.31. The molecule has 1 saturated heterocycles. The van der Waals surface area contributed by atoms with Gasteiger partial charge in [0.2, 0.25) is 5.91 Å². The number of nitrogens with zero attached hydrogens (tertiary/aromatic N) is 3. The lowest BCUT2D eigenvalue weighted by Crippen LogP contribution is -2.29. The molecule has 35 heavy (non-hydrogen) atoms. The van der Waals surface area contributed by atoms with Crippen molar-refractivity contribution in [3.63, 3.8) is 0 Å². The van der Waals surface area contributed by atoms with E-state index in [4.69, 9.17) is 4.74 Å². The highest BCUT2D eigenvalue weighted by molar-refractivity contribution is 7.91. The number of nitrogens with one attached hydrogen (secondary N) is 1. The highest BCUT2D eigenvalue weighted by Crippen LogP contribution is 2.31. The molecule has 1 aromatic carbocycles. The van der Waals surface area contributed by atoms with Gasteiger partial charge in [-0.25, -0.2) is 13.4 Å². The van der Waals surface area contributed by atoms with E-state index in [0.29, 0.717) is 36.8 Å². The second kappa shape index (κ2) is 9.38. The zero-order chi connectivity index (χ0) is 25.4. The first-order valence-corrected chi connectivity index (χ1v) is 12.4. The maximum Gasteiger partial charge on any atom is 0.416 e. The average Bonchev–Trinajstić information content (AvgIpc) is 2.84. The SMILES string of the molecule is CCS(=O)(=O)c1cc(NC(=O)C2CCOCC2)cnc1-n1ncc2ccc(C(F)(F)F)cc2c1=O. The number of alkyl halides is 3. The summed E-state index contributed by atoms with van der Waals surface area (Å²) >= 11 is 0. The maximum absolute atomic E-state index is 13.2. The molecule has 186 valence electrons. The van der Waals surface area contributed by atoms with Gasteiger partial charge >= 0.3 is 6.18 Å². The first-order chi connectivity index (χ1) is 16.5. The largest absolute Gasteiger partial charge is 0.416 e. The molecule has 1 N–H and O–H groups in total. The van der Waals surface area contributed by atoms with Crippen molar-refractivity contribution in [2.75, 3.05) is 24.3 Å². The Morgan fingerprint density at radius 3 is 2.57 bits per heavy atom. The second-order valence-electron chi connectivity index (χ2n) is 7.99. The molecular weight excluding hydrogens is 489 g/mol. The van der Waals surface area contributed by atoms with Gasteiger partial charge in [0.25, 0.3) is 5.56 Å². The van der Waals surface area contributed by atoms with Crippen LogP contribution in [-0.4, -0.2) is 48.1 Å². The van der Waals surface area contributed by atoms with Crippen molar-refractivity contribution in [2.24, 2.45) is 5.92 Å². The number of amides is 1. The van der Waals surface area contributed by atoms with Gasteiger partial charge in [0.1, 0.15) is 4.90 Å². The number of hydrogen-bond donors (Lipinski definition) is 1. The predicted molar refractivity (Wildman–Crippen MR) is 120 cm³/mol. The lowest BCUT2D eigenvalue weighted by atomic mass is 9.99. The third-order valence-corrected chi connectivity index (χ3v) is 7.45. The van der Waals surface area contributed by atoms with Gasteiger partial charge in [0.05, 0.1) is 34.8 Å². The quantitative estimate of drug-likeness (QED) is 0.560. The van der Waals surface area contributed by atoms with E-state index in [1.807, 2.05) is 0 Å². The number of aromatic nitrogens is 3. The summed E-state index contributed by atoms with van der Waals surface area (Å²) in [6, 6.07) is 3.80. The number of carbonyl (C=O) groups is 1. The van der Waals surface area contributed by atoms with Crippen LogP contribution in [0, 0.1) is 5.92 Å². The Hall–Kier alpha value is -3.32. The monoisotopic (exact) mass is 510 g/mol. The molecule has 0 unspecified atom stereocenters. The van der Waals surface area contributed by atoms with Crippen LogP contribution in [0.3, 0.4) is 0 Å². The minimum absolute atomic E-state index is 0.102. The van der Waals surface area contributed by atoms with Crippen LogP contribution in [-0.2, 0) is 25.5 Å². The molecule has 3 heterocycles. The summed E-state index contributed by atoms with van der Waals surface area (Å²) < 4.78 is 71.0. The molecule has 9 nitrogen and oxygen atoms in total. The van der Waals surface area contributed by atoms with Gasteiger partial charge in [0, 0.05) is 24.5 Å². The predicted octanol–water partition coefficient (Wildman–Crippen LogP) is 2.96. The molecule has 0 radical (unpaired) electrons. The van der Waals surface area contributed by atoms with Crippen molar-refractivity contribution < 1.29 is 31.1 Å². The zero-order valence-electron chi connectivity index (χ0n) is 18.5. The number of rotatable bonds is 5. The number of fused-ring (bicyclic) bond motifs is 1. The average molecular weight is 510 g/mol. The van der Waals surface area contributed by atoms with Crippen LogP contribution in [0.25, 0.3) is 16.6 Å². The number of halogens is 3. The summed E-state index contributed by atoms with van der Waals surface area (Å²) in [5.74, 6) is -1.34. The molecule has 1 fully saturated rings. The van der Waals surface area contributed by atoms with Gasteiger partial charge in [-0.3, -0.25) is 9.59 Å². The van der Waals surface area contributed by atoms with E-state index in [1.54, 1.807) is 0 Å².